The van der Waals surface area contributed by atoms with Crippen LogP contribution in [0, 0.1) is 0 Å². The van der Waals surface area contributed by atoms with E-state index in [1.54, 1.807) is 0 Å². The average molecular weight is 429 g/mol. The van der Waals surface area contributed by atoms with Gasteiger partial charge in [0.1, 0.15) is 5.69 Å². The van der Waals surface area contributed by atoms with Gasteiger partial charge in [0.2, 0.25) is 5.95 Å². The van der Waals surface area contributed by atoms with Crippen molar-refractivity contribution in [1.82, 2.24) is 20.2 Å². The van der Waals surface area contributed by atoms with Crippen LogP contribution in [-0.4, -0.2) is 47.1 Å². The summed E-state index contributed by atoms with van der Waals surface area (Å²) in [6.07, 6.45) is -1.36. The summed E-state index contributed by atoms with van der Waals surface area (Å²) >= 11 is 6.08. The van der Waals surface area contributed by atoms with Crippen molar-refractivity contribution in [1.29, 1.82) is 0 Å². The lowest BCUT2D eigenvalue weighted by Gasteiger charge is -2.32. The first-order valence-corrected chi connectivity index (χ1v) is 9.83. The van der Waals surface area contributed by atoms with Crippen molar-refractivity contribution in [2.45, 2.75) is 31.6 Å². The van der Waals surface area contributed by atoms with Crippen molar-refractivity contribution >= 4 is 23.2 Å². The number of nitrogens with two attached hydrogens (primary N) is 1. The van der Waals surface area contributed by atoms with Gasteiger partial charge in [0.25, 0.3) is 0 Å². The first-order valence-electron chi connectivity index (χ1n) is 9.45. The maximum atomic E-state index is 12.7. The fourth-order valence-corrected chi connectivity index (χ4v) is 3.48. The number of nitrogens with zero attached hydrogens (tertiary/aromatic N) is 3. The topological polar surface area (TPSA) is 79.1 Å². The lowest BCUT2D eigenvalue weighted by atomic mass is 10.0. The van der Waals surface area contributed by atoms with Gasteiger partial charge in [-0.1, -0.05) is 17.7 Å². The summed E-state index contributed by atoms with van der Waals surface area (Å²) in [5, 5.41) is 6.84. The molecule has 158 valence electrons. The molecule has 2 heterocycles. The molecular formula is C19H24ClF3N6. The third kappa shape index (κ3) is 6.45. The molecule has 1 aliphatic rings. The van der Waals surface area contributed by atoms with E-state index in [9.17, 15) is 13.2 Å². The van der Waals surface area contributed by atoms with Gasteiger partial charge in [-0.25, -0.2) is 9.97 Å². The number of halogens is 4. The Morgan fingerprint density at radius 3 is 2.62 bits per heavy atom. The van der Waals surface area contributed by atoms with Crippen LogP contribution in [0.4, 0.5) is 24.8 Å². The number of hydrogen-bond acceptors (Lipinski definition) is 6. The largest absolute Gasteiger partial charge is 0.433 e. The highest BCUT2D eigenvalue weighted by atomic mass is 35.5. The normalized spacial score (nSPS) is 16.1. The Balaban J connectivity index is 1.35. The van der Waals surface area contributed by atoms with Crippen molar-refractivity contribution in [3.63, 3.8) is 0 Å². The third-order valence-corrected chi connectivity index (χ3v) is 5.17. The number of likely N-dealkylation sites (tertiary alicyclic amines) is 1. The molecule has 4 N–H and O–H groups in total. The van der Waals surface area contributed by atoms with Gasteiger partial charge < -0.3 is 16.4 Å². The van der Waals surface area contributed by atoms with Crippen LogP contribution in [0.3, 0.4) is 0 Å². The molecule has 0 aliphatic carbocycles. The van der Waals surface area contributed by atoms with Crippen LogP contribution in [0.1, 0.15) is 24.1 Å². The minimum Gasteiger partial charge on any atom is -0.398 e. The summed E-state index contributed by atoms with van der Waals surface area (Å²) in [7, 11) is 0. The van der Waals surface area contributed by atoms with Crippen LogP contribution in [0.2, 0.25) is 5.02 Å². The molecule has 0 radical (unpaired) electrons. The van der Waals surface area contributed by atoms with Crippen molar-refractivity contribution in [2.75, 3.05) is 37.2 Å². The number of nitrogens with one attached hydrogen (secondary N) is 2. The van der Waals surface area contributed by atoms with Crippen LogP contribution >= 0.6 is 11.6 Å². The predicted octanol–water partition coefficient (Wildman–Crippen LogP) is 3.40. The summed E-state index contributed by atoms with van der Waals surface area (Å²) in [6, 6.07) is 6.96. The second-order valence-corrected chi connectivity index (χ2v) is 7.46. The highest BCUT2D eigenvalue weighted by Gasteiger charge is 2.32. The Bertz CT molecular complexity index is 809. The molecule has 6 nitrogen and oxygen atoms in total. The molecule has 1 aliphatic heterocycles. The molecule has 1 aromatic heterocycles. The Kier molecular flexibility index (Phi) is 7.15. The number of hydrogen-bond donors (Lipinski definition) is 3. The Morgan fingerprint density at radius 1 is 1.17 bits per heavy atom. The van der Waals surface area contributed by atoms with Gasteiger partial charge in [-0.2, -0.15) is 13.2 Å². The molecule has 10 heteroatoms. The number of alkyl halides is 3. The first-order chi connectivity index (χ1) is 13.8. The van der Waals surface area contributed by atoms with Gasteiger partial charge in [0, 0.05) is 31.9 Å². The maximum absolute atomic E-state index is 12.7. The molecule has 0 amide bonds. The Morgan fingerprint density at radius 2 is 1.93 bits per heavy atom. The van der Waals surface area contributed by atoms with E-state index in [1.807, 2.05) is 18.2 Å². The van der Waals surface area contributed by atoms with Gasteiger partial charge in [0.05, 0.1) is 10.7 Å². The van der Waals surface area contributed by atoms with Crippen molar-refractivity contribution in [3.05, 3.63) is 46.7 Å². The van der Waals surface area contributed by atoms with E-state index in [0.29, 0.717) is 29.8 Å². The molecule has 0 bridgehead atoms. The van der Waals surface area contributed by atoms with E-state index in [2.05, 4.69) is 25.5 Å². The van der Waals surface area contributed by atoms with E-state index < -0.39 is 11.9 Å². The zero-order valence-electron chi connectivity index (χ0n) is 15.8. The lowest BCUT2D eigenvalue weighted by molar-refractivity contribution is -0.141. The summed E-state index contributed by atoms with van der Waals surface area (Å²) in [5.41, 5.74) is 6.52. The van der Waals surface area contributed by atoms with Crippen LogP contribution in [0.5, 0.6) is 0 Å². The zero-order valence-corrected chi connectivity index (χ0v) is 16.6. The molecule has 0 spiro atoms. The molecule has 2 aromatic rings. The second kappa shape index (κ2) is 9.60. The Labute approximate surface area is 172 Å². The SMILES string of the molecule is Nc1ccc(CN2CCC(NCCNc3nccc(C(F)(F)F)n3)CC2)cc1Cl. The third-order valence-electron chi connectivity index (χ3n) is 4.85. The fourth-order valence-electron chi connectivity index (χ4n) is 3.27. The van der Waals surface area contributed by atoms with E-state index >= 15 is 0 Å². The second-order valence-electron chi connectivity index (χ2n) is 7.05. The van der Waals surface area contributed by atoms with Crippen LogP contribution in [0.25, 0.3) is 0 Å². The molecule has 1 fully saturated rings. The van der Waals surface area contributed by atoms with E-state index in [0.717, 1.165) is 50.3 Å². The lowest BCUT2D eigenvalue weighted by Crippen LogP contribution is -2.43. The summed E-state index contributed by atoms with van der Waals surface area (Å²) in [5.74, 6) is -0.0152. The number of piperidine rings is 1. The van der Waals surface area contributed by atoms with Crippen molar-refractivity contribution in [3.8, 4) is 0 Å². The quantitative estimate of drug-likeness (QED) is 0.463. The molecule has 0 saturated carbocycles. The molecule has 29 heavy (non-hydrogen) atoms. The van der Waals surface area contributed by atoms with Gasteiger partial charge in [-0.15, -0.1) is 0 Å². The highest BCUT2D eigenvalue weighted by molar-refractivity contribution is 6.33. The summed E-state index contributed by atoms with van der Waals surface area (Å²) in [6.45, 7) is 3.83. The van der Waals surface area contributed by atoms with Gasteiger partial charge in [0.15, 0.2) is 0 Å². The zero-order chi connectivity index (χ0) is 20.9. The van der Waals surface area contributed by atoms with Crippen LogP contribution in [0.15, 0.2) is 30.5 Å². The number of nitrogen functional groups attached to an aromatic ring is 1. The molecule has 1 aromatic carbocycles. The number of benzene rings is 1. The first kappa shape index (κ1) is 21.6. The monoisotopic (exact) mass is 428 g/mol. The van der Waals surface area contributed by atoms with E-state index in [-0.39, 0.29) is 5.95 Å². The van der Waals surface area contributed by atoms with Crippen LogP contribution in [-0.2, 0) is 12.7 Å². The molecule has 3 rings (SSSR count). The van der Waals surface area contributed by atoms with Crippen LogP contribution < -0.4 is 16.4 Å². The summed E-state index contributed by atoms with van der Waals surface area (Å²) < 4.78 is 38.0. The average Bonchev–Trinajstić information content (AvgIpc) is 2.69. The van der Waals surface area contributed by atoms with Gasteiger partial charge in [-0.3, -0.25) is 4.90 Å². The molecular weight excluding hydrogens is 405 g/mol. The number of anilines is 2. The van der Waals surface area contributed by atoms with Gasteiger partial charge >= 0.3 is 6.18 Å². The fraction of sp³-hybridized carbons (Fsp3) is 0.474. The van der Waals surface area contributed by atoms with Gasteiger partial charge in [-0.05, 0) is 49.7 Å². The standard InChI is InChI=1S/C19H24ClF3N6/c20-15-11-13(1-2-16(15)24)12-29-9-4-14(5-10-29)25-7-8-27-18-26-6-3-17(28-18)19(21,22)23/h1-3,6,11,14,25H,4-5,7-10,12,24H2,(H,26,27,28). The number of aromatic nitrogens is 2. The molecule has 1 saturated heterocycles. The van der Waals surface area contributed by atoms with Crippen molar-refractivity contribution < 1.29 is 13.2 Å². The molecule has 0 atom stereocenters. The van der Waals surface area contributed by atoms with E-state index in [1.165, 1.54) is 0 Å². The summed E-state index contributed by atoms with van der Waals surface area (Å²) in [4.78, 5) is 9.69. The van der Waals surface area contributed by atoms with Crippen molar-refractivity contribution in [2.24, 2.45) is 0 Å². The number of rotatable bonds is 7. The predicted molar refractivity (Wildman–Crippen MR) is 108 cm³/mol. The maximum Gasteiger partial charge on any atom is 0.433 e. The Hall–Kier alpha value is -2.10. The molecule has 0 unspecified atom stereocenters. The highest BCUT2D eigenvalue weighted by Crippen LogP contribution is 2.27. The minimum absolute atomic E-state index is 0.0152. The smallest absolute Gasteiger partial charge is 0.398 e. The minimum atomic E-state index is -4.47. The van der Waals surface area contributed by atoms with E-state index in [4.69, 9.17) is 17.3 Å².